The number of likely N-dealkylation sites (tertiary alicyclic amines) is 1. The summed E-state index contributed by atoms with van der Waals surface area (Å²) in [5, 5.41) is 7.95. The summed E-state index contributed by atoms with van der Waals surface area (Å²) in [4.78, 5) is 11.4. The van der Waals surface area contributed by atoms with Gasteiger partial charge in [0.15, 0.2) is 22.4 Å². The highest BCUT2D eigenvalue weighted by molar-refractivity contribution is 6.29. The van der Waals surface area contributed by atoms with Crippen molar-refractivity contribution < 1.29 is 8.78 Å². The van der Waals surface area contributed by atoms with Gasteiger partial charge in [-0.3, -0.25) is 0 Å². The number of halogens is 3. The highest BCUT2D eigenvalue weighted by Crippen LogP contribution is 2.30. The van der Waals surface area contributed by atoms with Gasteiger partial charge in [0.05, 0.1) is 11.8 Å². The predicted molar refractivity (Wildman–Crippen MR) is 116 cm³/mol. The molecule has 0 unspecified atom stereocenters. The Kier molecular flexibility index (Phi) is 5.75. The Bertz CT molecular complexity index is 1050. The maximum atomic E-state index is 14.4. The van der Waals surface area contributed by atoms with Crippen LogP contribution in [0.25, 0.3) is 17.0 Å². The van der Waals surface area contributed by atoms with Crippen molar-refractivity contribution in [3.05, 3.63) is 41.2 Å². The number of piperidine rings is 1. The quantitative estimate of drug-likeness (QED) is 0.615. The molecule has 164 valence electrons. The van der Waals surface area contributed by atoms with Crippen molar-refractivity contribution in [3.8, 4) is 11.4 Å². The minimum atomic E-state index is -0.719. The van der Waals surface area contributed by atoms with Gasteiger partial charge in [0.1, 0.15) is 11.6 Å². The van der Waals surface area contributed by atoms with Gasteiger partial charge in [-0.05, 0) is 63.7 Å². The molecule has 0 spiro atoms. The van der Waals surface area contributed by atoms with Gasteiger partial charge in [-0.15, -0.1) is 5.10 Å². The molecule has 1 aliphatic heterocycles. The first-order valence-electron chi connectivity index (χ1n) is 11.0. The first kappa shape index (κ1) is 20.6. The van der Waals surface area contributed by atoms with Crippen molar-refractivity contribution in [1.29, 1.82) is 0 Å². The number of nitrogens with zero attached hydrogens (tertiary/aromatic N) is 5. The number of imidazole rings is 1. The van der Waals surface area contributed by atoms with Crippen molar-refractivity contribution in [2.45, 2.75) is 57.0 Å². The predicted octanol–water partition coefficient (Wildman–Crippen LogP) is 4.93. The van der Waals surface area contributed by atoms with Crippen molar-refractivity contribution in [1.82, 2.24) is 24.5 Å². The molecule has 9 heteroatoms. The second-order valence-electron chi connectivity index (χ2n) is 8.44. The summed E-state index contributed by atoms with van der Waals surface area (Å²) in [5.74, 6) is -1.05. The van der Waals surface area contributed by atoms with E-state index in [0.717, 1.165) is 25.7 Å². The fraction of sp³-hybridized carbons (Fsp3) is 0.500. The van der Waals surface area contributed by atoms with Gasteiger partial charge in [-0.1, -0.05) is 24.1 Å². The zero-order valence-corrected chi connectivity index (χ0v) is 18.0. The van der Waals surface area contributed by atoms with Crippen LogP contribution in [0.1, 0.15) is 44.9 Å². The Labute approximate surface area is 184 Å². The van der Waals surface area contributed by atoms with E-state index in [1.54, 1.807) is 0 Å². The summed E-state index contributed by atoms with van der Waals surface area (Å²) < 4.78 is 30.1. The molecular formula is C22H25ClF2N6. The molecule has 1 aromatic carbocycles. The van der Waals surface area contributed by atoms with E-state index in [-0.39, 0.29) is 22.6 Å². The zero-order chi connectivity index (χ0) is 21.4. The van der Waals surface area contributed by atoms with Crippen LogP contribution >= 0.6 is 11.6 Å². The SMILES string of the molecule is Fc1cccc(F)c1-c1nc(N[C@H]2CC[C@H](N3CCCCC3)CC2)c2ncc(Cl)n2n1. The molecule has 2 aliphatic rings. The number of nitrogens with one attached hydrogen (secondary N) is 1. The van der Waals surface area contributed by atoms with E-state index in [1.807, 2.05) is 0 Å². The smallest absolute Gasteiger partial charge is 0.198 e. The Morgan fingerprint density at radius 2 is 1.71 bits per heavy atom. The average Bonchev–Trinajstić information content (AvgIpc) is 3.16. The maximum absolute atomic E-state index is 14.4. The first-order valence-corrected chi connectivity index (χ1v) is 11.3. The Balaban J connectivity index is 1.40. The summed E-state index contributed by atoms with van der Waals surface area (Å²) >= 11 is 6.22. The third-order valence-corrected chi connectivity index (χ3v) is 6.71. The van der Waals surface area contributed by atoms with Crippen LogP contribution in [0, 0.1) is 11.6 Å². The van der Waals surface area contributed by atoms with Crippen molar-refractivity contribution >= 4 is 23.1 Å². The molecule has 1 saturated carbocycles. The van der Waals surface area contributed by atoms with Crippen LogP contribution in [0.2, 0.25) is 5.15 Å². The summed E-state index contributed by atoms with van der Waals surface area (Å²) in [6, 6.07) is 4.56. The van der Waals surface area contributed by atoms with E-state index >= 15 is 0 Å². The van der Waals surface area contributed by atoms with Crippen LogP contribution in [0.4, 0.5) is 14.6 Å². The fourth-order valence-corrected chi connectivity index (χ4v) is 5.00. The van der Waals surface area contributed by atoms with Crippen LogP contribution < -0.4 is 5.32 Å². The van der Waals surface area contributed by atoms with Gasteiger partial charge in [0, 0.05) is 12.1 Å². The lowest BCUT2D eigenvalue weighted by molar-refractivity contribution is 0.127. The van der Waals surface area contributed by atoms with E-state index in [0.29, 0.717) is 17.5 Å². The molecule has 5 rings (SSSR count). The minimum absolute atomic E-state index is 0.0625. The van der Waals surface area contributed by atoms with Gasteiger partial charge < -0.3 is 10.2 Å². The summed E-state index contributed by atoms with van der Waals surface area (Å²) in [5.41, 5.74) is 0.176. The van der Waals surface area contributed by atoms with Crippen molar-refractivity contribution in [2.75, 3.05) is 18.4 Å². The van der Waals surface area contributed by atoms with E-state index in [4.69, 9.17) is 11.6 Å². The van der Waals surface area contributed by atoms with Crippen molar-refractivity contribution in [2.24, 2.45) is 0 Å². The van der Waals surface area contributed by atoms with Crippen molar-refractivity contribution in [3.63, 3.8) is 0 Å². The molecular weight excluding hydrogens is 422 g/mol. The summed E-state index contributed by atoms with van der Waals surface area (Å²) in [6.45, 7) is 2.42. The maximum Gasteiger partial charge on any atom is 0.198 e. The van der Waals surface area contributed by atoms with Crippen LogP contribution in [-0.4, -0.2) is 49.7 Å². The number of hydrogen-bond donors (Lipinski definition) is 1. The summed E-state index contributed by atoms with van der Waals surface area (Å²) in [7, 11) is 0. The van der Waals surface area contributed by atoms with E-state index in [2.05, 4.69) is 25.3 Å². The summed E-state index contributed by atoms with van der Waals surface area (Å²) in [6.07, 6.45) is 9.68. The number of aromatic nitrogens is 4. The van der Waals surface area contributed by atoms with Gasteiger partial charge in [-0.2, -0.15) is 4.52 Å². The molecule has 0 bridgehead atoms. The fourth-order valence-electron chi connectivity index (χ4n) is 4.83. The number of benzene rings is 1. The number of anilines is 1. The average molecular weight is 447 g/mol. The molecule has 1 N–H and O–H groups in total. The molecule has 3 heterocycles. The number of fused-ring (bicyclic) bond motifs is 1. The minimum Gasteiger partial charge on any atom is -0.364 e. The lowest BCUT2D eigenvalue weighted by atomic mass is 9.89. The highest BCUT2D eigenvalue weighted by Gasteiger charge is 2.28. The lowest BCUT2D eigenvalue weighted by Gasteiger charge is -2.39. The topological polar surface area (TPSA) is 58.4 Å². The van der Waals surface area contributed by atoms with Crippen LogP contribution in [0.3, 0.4) is 0 Å². The molecule has 0 radical (unpaired) electrons. The normalized spacial score (nSPS) is 22.7. The van der Waals surface area contributed by atoms with Crippen LogP contribution in [0.5, 0.6) is 0 Å². The molecule has 31 heavy (non-hydrogen) atoms. The number of rotatable bonds is 4. The van der Waals surface area contributed by atoms with E-state index in [1.165, 1.54) is 61.3 Å². The second-order valence-corrected chi connectivity index (χ2v) is 8.83. The molecule has 6 nitrogen and oxygen atoms in total. The van der Waals surface area contributed by atoms with Gasteiger partial charge in [0.25, 0.3) is 0 Å². The molecule has 1 saturated heterocycles. The Hall–Kier alpha value is -2.32. The highest BCUT2D eigenvalue weighted by atomic mass is 35.5. The largest absolute Gasteiger partial charge is 0.364 e. The Morgan fingerprint density at radius 3 is 2.42 bits per heavy atom. The number of hydrogen-bond acceptors (Lipinski definition) is 5. The lowest BCUT2D eigenvalue weighted by Crippen LogP contribution is -2.43. The monoisotopic (exact) mass is 446 g/mol. The van der Waals surface area contributed by atoms with E-state index < -0.39 is 11.6 Å². The van der Waals surface area contributed by atoms with Crippen LogP contribution in [0.15, 0.2) is 24.4 Å². The van der Waals surface area contributed by atoms with Gasteiger partial charge >= 0.3 is 0 Å². The van der Waals surface area contributed by atoms with Gasteiger partial charge in [-0.25, -0.2) is 18.7 Å². The van der Waals surface area contributed by atoms with Gasteiger partial charge in [0.2, 0.25) is 0 Å². The standard InChI is InChI=1S/C22H25ClF2N6/c23-18-13-26-22-21(27-14-7-9-15(10-8-14)30-11-2-1-3-12-30)28-20(29-31(18)22)19-16(24)5-4-6-17(19)25/h4-6,13-15H,1-3,7-12H2,(H,27,28,29)/t14-,15-. The third kappa shape index (κ3) is 4.11. The third-order valence-electron chi connectivity index (χ3n) is 6.45. The van der Waals surface area contributed by atoms with E-state index in [9.17, 15) is 8.78 Å². The molecule has 2 aromatic heterocycles. The molecule has 3 aromatic rings. The molecule has 1 aliphatic carbocycles. The first-order chi connectivity index (χ1) is 15.1. The Morgan fingerprint density at radius 1 is 1.00 bits per heavy atom. The zero-order valence-electron chi connectivity index (χ0n) is 17.2. The second kappa shape index (κ2) is 8.67. The molecule has 0 amide bonds. The molecule has 0 atom stereocenters. The molecule has 2 fully saturated rings. The van der Waals surface area contributed by atoms with Crippen LogP contribution in [-0.2, 0) is 0 Å².